The molecule has 0 aliphatic carbocycles. The molecule has 0 radical (unpaired) electrons. The lowest BCUT2D eigenvalue weighted by Crippen LogP contribution is -2.50. The van der Waals surface area contributed by atoms with Gasteiger partial charge in [0.15, 0.2) is 6.10 Å². The second-order valence-electron chi connectivity index (χ2n) is 5.47. The van der Waals surface area contributed by atoms with Crippen molar-refractivity contribution in [3.63, 3.8) is 0 Å². The van der Waals surface area contributed by atoms with Crippen molar-refractivity contribution in [2.45, 2.75) is 12.3 Å². The lowest BCUT2D eigenvalue weighted by Gasteiger charge is -2.31. The van der Waals surface area contributed by atoms with Crippen LogP contribution in [-0.2, 0) is 15.7 Å². The van der Waals surface area contributed by atoms with Crippen LogP contribution in [0.4, 0.5) is 13.2 Å². The van der Waals surface area contributed by atoms with E-state index in [4.69, 9.17) is 22.1 Å². The fourth-order valence-electron chi connectivity index (χ4n) is 2.53. The molecule has 0 spiro atoms. The molecule has 1 saturated heterocycles. The lowest BCUT2D eigenvalue weighted by atomic mass is 10.1. The van der Waals surface area contributed by atoms with Crippen LogP contribution in [0, 0.1) is 0 Å². The summed E-state index contributed by atoms with van der Waals surface area (Å²) in [5.41, 5.74) is 4.38. The number of carbonyl (C=O) groups is 2. The van der Waals surface area contributed by atoms with Crippen molar-refractivity contribution >= 4 is 44.8 Å². The zero-order valence-electron chi connectivity index (χ0n) is 12.6. The number of alkyl halides is 3. The Labute approximate surface area is 149 Å². The molecule has 1 atom stereocenters. The first-order chi connectivity index (χ1) is 11.7. The average molecular weight is 393 g/mol. The molecule has 2 N–H and O–H groups in total. The van der Waals surface area contributed by atoms with Crippen LogP contribution in [0.25, 0.3) is 10.1 Å². The Morgan fingerprint density at radius 2 is 2.08 bits per heavy atom. The molecule has 0 saturated carbocycles. The van der Waals surface area contributed by atoms with Gasteiger partial charge in [-0.2, -0.15) is 13.2 Å². The zero-order chi connectivity index (χ0) is 18.4. The predicted octanol–water partition coefficient (Wildman–Crippen LogP) is 2.90. The van der Waals surface area contributed by atoms with Gasteiger partial charge in [0.05, 0.1) is 23.7 Å². The SMILES string of the molecule is NC(=O)C1CN(C(=O)c2sc3cc(C(F)(F)F)ccc3c2Cl)CCO1. The highest BCUT2D eigenvalue weighted by atomic mass is 35.5. The first-order valence-corrected chi connectivity index (χ1v) is 8.37. The molecule has 5 nitrogen and oxygen atoms in total. The number of fused-ring (bicyclic) bond motifs is 1. The topological polar surface area (TPSA) is 72.6 Å². The number of carbonyl (C=O) groups excluding carboxylic acids is 2. The van der Waals surface area contributed by atoms with Crippen molar-refractivity contribution in [3.8, 4) is 0 Å². The molecule has 2 aromatic rings. The smallest absolute Gasteiger partial charge is 0.367 e. The number of rotatable bonds is 2. The zero-order valence-corrected chi connectivity index (χ0v) is 14.2. The van der Waals surface area contributed by atoms with Gasteiger partial charge in [-0.3, -0.25) is 9.59 Å². The summed E-state index contributed by atoms with van der Waals surface area (Å²) in [6.45, 7) is 0.355. The Balaban J connectivity index is 1.94. The highest BCUT2D eigenvalue weighted by molar-refractivity contribution is 7.21. The van der Waals surface area contributed by atoms with E-state index in [1.54, 1.807) is 0 Å². The van der Waals surface area contributed by atoms with Gasteiger partial charge in [0.1, 0.15) is 4.88 Å². The number of nitrogens with two attached hydrogens (primary N) is 1. The second-order valence-corrected chi connectivity index (χ2v) is 6.90. The fraction of sp³-hybridized carbons (Fsp3) is 0.333. The van der Waals surface area contributed by atoms with Gasteiger partial charge in [0.2, 0.25) is 5.91 Å². The van der Waals surface area contributed by atoms with Crippen molar-refractivity contribution in [2.24, 2.45) is 5.73 Å². The van der Waals surface area contributed by atoms with Crippen LogP contribution in [0.15, 0.2) is 18.2 Å². The standard InChI is InChI=1S/C15H12ClF3N2O3S/c16-11-8-2-1-7(15(17,18)19)5-10(8)25-12(11)14(23)21-3-4-24-9(6-21)13(20)22/h1-2,5,9H,3-4,6H2,(H2,20,22). The van der Waals surface area contributed by atoms with Gasteiger partial charge in [0, 0.05) is 16.6 Å². The molecular weight excluding hydrogens is 381 g/mol. The number of morpholine rings is 1. The fourth-order valence-corrected chi connectivity index (χ4v) is 4.05. The van der Waals surface area contributed by atoms with Gasteiger partial charge in [0.25, 0.3) is 5.91 Å². The largest absolute Gasteiger partial charge is 0.416 e. The van der Waals surface area contributed by atoms with E-state index in [1.807, 2.05) is 0 Å². The van der Waals surface area contributed by atoms with Crippen molar-refractivity contribution < 1.29 is 27.5 Å². The third-order valence-electron chi connectivity index (χ3n) is 3.82. The molecule has 3 rings (SSSR count). The maximum absolute atomic E-state index is 12.8. The summed E-state index contributed by atoms with van der Waals surface area (Å²) in [5, 5.41) is 0.476. The summed E-state index contributed by atoms with van der Waals surface area (Å²) in [6.07, 6.45) is -5.39. The minimum Gasteiger partial charge on any atom is -0.367 e. The maximum atomic E-state index is 12.8. The van der Waals surface area contributed by atoms with Gasteiger partial charge in [-0.15, -0.1) is 11.3 Å². The van der Waals surface area contributed by atoms with E-state index in [-0.39, 0.29) is 34.3 Å². The van der Waals surface area contributed by atoms with E-state index >= 15 is 0 Å². The van der Waals surface area contributed by atoms with Crippen LogP contribution >= 0.6 is 22.9 Å². The van der Waals surface area contributed by atoms with Gasteiger partial charge >= 0.3 is 6.18 Å². The van der Waals surface area contributed by atoms with Crippen LogP contribution in [0.2, 0.25) is 5.02 Å². The Bertz CT molecular complexity index is 852. The molecule has 0 bridgehead atoms. The summed E-state index contributed by atoms with van der Waals surface area (Å²) in [6, 6.07) is 3.14. The van der Waals surface area contributed by atoms with Gasteiger partial charge < -0.3 is 15.4 Å². The third kappa shape index (κ3) is 3.44. The highest BCUT2D eigenvalue weighted by Gasteiger charge is 2.33. The van der Waals surface area contributed by atoms with E-state index in [2.05, 4.69) is 0 Å². The van der Waals surface area contributed by atoms with Crippen molar-refractivity contribution in [1.29, 1.82) is 0 Å². The van der Waals surface area contributed by atoms with Crippen LogP contribution < -0.4 is 5.73 Å². The molecule has 2 amide bonds. The number of ether oxygens (including phenoxy) is 1. The summed E-state index contributed by atoms with van der Waals surface area (Å²) in [5.74, 6) is -1.15. The molecule has 1 aromatic heterocycles. The minimum atomic E-state index is -4.48. The van der Waals surface area contributed by atoms with E-state index in [0.717, 1.165) is 23.5 Å². The summed E-state index contributed by atoms with van der Waals surface area (Å²) in [4.78, 5) is 25.4. The summed E-state index contributed by atoms with van der Waals surface area (Å²) >= 11 is 7.08. The average Bonchev–Trinajstić information content (AvgIpc) is 2.90. The van der Waals surface area contributed by atoms with Crippen LogP contribution in [0.3, 0.4) is 0 Å². The van der Waals surface area contributed by atoms with Crippen molar-refractivity contribution in [3.05, 3.63) is 33.7 Å². The highest BCUT2D eigenvalue weighted by Crippen LogP contribution is 2.39. The molecule has 1 unspecified atom stereocenters. The number of amides is 2. The van der Waals surface area contributed by atoms with Gasteiger partial charge in [-0.25, -0.2) is 0 Å². The molecule has 1 aliphatic rings. The number of thiophene rings is 1. The van der Waals surface area contributed by atoms with Gasteiger partial charge in [-0.05, 0) is 12.1 Å². The predicted molar refractivity (Wildman–Crippen MR) is 86.7 cm³/mol. The maximum Gasteiger partial charge on any atom is 0.416 e. The second kappa shape index (κ2) is 6.47. The van der Waals surface area contributed by atoms with Crippen molar-refractivity contribution in [1.82, 2.24) is 4.90 Å². The molecule has 25 heavy (non-hydrogen) atoms. The first kappa shape index (κ1) is 18.0. The van der Waals surface area contributed by atoms with Crippen LogP contribution in [-0.4, -0.2) is 42.5 Å². The van der Waals surface area contributed by atoms with E-state index < -0.39 is 29.7 Å². The first-order valence-electron chi connectivity index (χ1n) is 7.18. The normalized spacial score (nSPS) is 18.6. The van der Waals surface area contributed by atoms with E-state index in [1.165, 1.54) is 11.0 Å². The minimum absolute atomic E-state index is 0.0213. The van der Waals surface area contributed by atoms with Crippen LogP contribution in [0.1, 0.15) is 15.2 Å². The number of hydrogen-bond acceptors (Lipinski definition) is 4. The summed E-state index contributed by atoms with van der Waals surface area (Å²) < 4.78 is 43.9. The Hall–Kier alpha value is -1.84. The molecule has 1 aromatic carbocycles. The van der Waals surface area contributed by atoms with Gasteiger partial charge in [-0.1, -0.05) is 17.7 Å². The Morgan fingerprint density at radius 3 is 2.72 bits per heavy atom. The Kier molecular flexibility index (Phi) is 4.65. The quantitative estimate of drug-likeness (QED) is 0.854. The summed E-state index contributed by atoms with van der Waals surface area (Å²) in [7, 11) is 0. The van der Waals surface area contributed by atoms with Crippen molar-refractivity contribution in [2.75, 3.05) is 19.7 Å². The lowest BCUT2D eigenvalue weighted by molar-refractivity contribution is -0.137. The number of halogens is 4. The number of benzene rings is 1. The molecule has 1 fully saturated rings. The molecule has 2 heterocycles. The number of hydrogen-bond donors (Lipinski definition) is 1. The number of nitrogens with zero attached hydrogens (tertiary/aromatic N) is 1. The van der Waals surface area contributed by atoms with E-state index in [9.17, 15) is 22.8 Å². The molecule has 134 valence electrons. The molecular formula is C15H12ClF3N2O3S. The monoisotopic (exact) mass is 392 g/mol. The number of primary amides is 1. The molecule has 1 aliphatic heterocycles. The third-order valence-corrected chi connectivity index (χ3v) is 5.47. The van der Waals surface area contributed by atoms with E-state index in [0.29, 0.717) is 5.39 Å². The van der Waals surface area contributed by atoms with Crippen LogP contribution in [0.5, 0.6) is 0 Å². The molecule has 10 heteroatoms. The Morgan fingerprint density at radius 1 is 1.36 bits per heavy atom.